The molecule has 1 N–H and O–H groups in total. The summed E-state index contributed by atoms with van der Waals surface area (Å²) >= 11 is 1.86. The minimum Gasteiger partial charge on any atom is -0.367 e. The predicted molar refractivity (Wildman–Crippen MR) is 110 cm³/mol. The fourth-order valence-corrected chi connectivity index (χ4v) is 5.17. The van der Waals surface area contributed by atoms with E-state index < -0.39 is 0 Å². The van der Waals surface area contributed by atoms with Gasteiger partial charge in [-0.05, 0) is 57.8 Å². The van der Waals surface area contributed by atoms with Crippen LogP contribution in [0.2, 0.25) is 0 Å². The monoisotopic (exact) mass is 366 g/mol. The lowest BCUT2D eigenvalue weighted by Gasteiger charge is -2.25. The summed E-state index contributed by atoms with van der Waals surface area (Å²) in [5, 5.41) is 4.92. The first-order valence-corrected chi connectivity index (χ1v) is 10.2. The molecule has 5 heteroatoms. The molecule has 1 aromatic carbocycles. The lowest BCUT2D eigenvalue weighted by atomic mass is 9.97. The number of anilines is 1. The lowest BCUT2D eigenvalue weighted by molar-refractivity contribution is 0.311. The molecule has 0 bridgehead atoms. The van der Waals surface area contributed by atoms with Crippen LogP contribution >= 0.6 is 11.3 Å². The Morgan fingerprint density at radius 2 is 1.88 bits per heavy atom. The Morgan fingerprint density at radius 3 is 2.65 bits per heavy atom. The summed E-state index contributed by atoms with van der Waals surface area (Å²) in [7, 11) is 4.26. The molecular formula is C21H26N4S. The van der Waals surface area contributed by atoms with Crippen molar-refractivity contribution in [1.29, 1.82) is 0 Å². The summed E-state index contributed by atoms with van der Waals surface area (Å²) in [5.41, 5.74) is 2.80. The van der Waals surface area contributed by atoms with E-state index in [1.807, 2.05) is 18.3 Å². The fourth-order valence-electron chi connectivity index (χ4n) is 3.86. The standard InChI is InChI=1S/C21H26N4S/c1-14-23-20(19-16-11-7-8-12-18(16)26-21(19)24-14)22-13-17(25(2)3)15-9-5-4-6-10-15/h4-6,9-10,17H,7-8,11-13H2,1-3H3,(H,22,23,24)/t17-/m1/s1. The zero-order chi connectivity index (χ0) is 18.1. The van der Waals surface area contributed by atoms with E-state index in [1.165, 1.54) is 40.7 Å². The average Bonchev–Trinajstić information content (AvgIpc) is 3.00. The van der Waals surface area contributed by atoms with Crippen molar-refractivity contribution in [2.75, 3.05) is 26.0 Å². The Balaban J connectivity index is 1.67. The molecular weight excluding hydrogens is 340 g/mol. The molecule has 26 heavy (non-hydrogen) atoms. The van der Waals surface area contributed by atoms with E-state index in [-0.39, 0.29) is 0 Å². The quantitative estimate of drug-likeness (QED) is 0.717. The average molecular weight is 367 g/mol. The number of aromatic nitrogens is 2. The van der Waals surface area contributed by atoms with Crippen LogP contribution in [0.15, 0.2) is 30.3 Å². The van der Waals surface area contributed by atoms with Crippen molar-refractivity contribution in [3.63, 3.8) is 0 Å². The highest BCUT2D eigenvalue weighted by atomic mass is 32.1. The van der Waals surface area contributed by atoms with Crippen molar-refractivity contribution in [2.45, 2.75) is 38.6 Å². The van der Waals surface area contributed by atoms with E-state index in [1.54, 1.807) is 0 Å². The Bertz CT molecular complexity index is 901. The summed E-state index contributed by atoms with van der Waals surface area (Å²) in [6, 6.07) is 11.0. The first kappa shape index (κ1) is 17.4. The second kappa shape index (κ2) is 7.33. The van der Waals surface area contributed by atoms with Crippen LogP contribution in [-0.2, 0) is 12.8 Å². The number of fused-ring (bicyclic) bond motifs is 3. The van der Waals surface area contributed by atoms with Crippen molar-refractivity contribution < 1.29 is 0 Å². The van der Waals surface area contributed by atoms with Crippen LogP contribution in [0.1, 0.15) is 40.7 Å². The third kappa shape index (κ3) is 3.33. The molecule has 0 radical (unpaired) electrons. The van der Waals surface area contributed by atoms with Crippen LogP contribution in [-0.4, -0.2) is 35.5 Å². The maximum atomic E-state index is 4.77. The predicted octanol–water partition coefficient (Wildman–Crippen LogP) is 4.59. The Kier molecular flexibility index (Phi) is 4.92. The maximum Gasteiger partial charge on any atom is 0.138 e. The van der Waals surface area contributed by atoms with Crippen molar-refractivity contribution in [3.05, 3.63) is 52.2 Å². The van der Waals surface area contributed by atoms with Gasteiger partial charge in [0.1, 0.15) is 16.5 Å². The first-order chi connectivity index (χ1) is 12.6. The van der Waals surface area contributed by atoms with Crippen molar-refractivity contribution in [2.24, 2.45) is 0 Å². The molecule has 0 unspecified atom stereocenters. The highest BCUT2D eigenvalue weighted by Gasteiger charge is 2.21. The van der Waals surface area contributed by atoms with E-state index in [0.29, 0.717) is 6.04 Å². The van der Waals surface area contributed by atoms with Gasteiger partial charge in [-0.2, -0.15) is 0 Å². The number of hydrogen-bond donors (Lipinski definition) is 1. The van der Waals surface area contributed by atoms with Gasteiger partial charge >= 0.3 is 0 Å². The summed E-state index contributed by atoms with van der Waals surface area (Å²) in [6.45, 7) is 2.82. The molecule has 0 saturated heterocycles. The number of nitrogens with one attached hydrogen (secondary N) is 1. The summed E-state index contributed by atoms with van der Waals surface area (Å²) in [4.78, 5) is 14.4. The van der Waals surface area contributed by atoms with Gasteiger partial charge in [0.25, 0.3) is 0 Å². The highest BCUT2D eigenvalue weighted by molar-refractivity contribution is 7.19. The van der Waals surface area contributed by atoms with Gasteiger partial charge in [0, 0.05) is 11.4 Å². The van der Waals surface area contributed by atoms with Gasteiger partial charge in [-0.25, -0.2) is 9.97 Å². The molecule has 3 aromatic rings. The van der Waals surface area contributed by atoms with E-state index in [4.69, 9.17) is 9.97 Å². The largest absolute Gasteiger partial charge is 0.367 e. The smallest absolute Gasteiger partial charge is 0.138 e. The number of rotatable bonds is 5. The van der Waals surface area contributed by atoms with Crippen LogP contribution in [0.5, 0.6) is 0 Å². The van der Waals surface area contributed by atoms with Crippen molar-refractivity contribution >= 4 is 27.4 Å². The zero-order valence-corrected chi connectivity index (χ0v) is 16.6. The molecule has 0 saturated carbocycles. The van der Waals surface area contributed by atoms with Crippen LogP contribution in [0, 0.1) is 6.92 Å². The van der Waals surface area contributed by atoms with Crippen LogP contribution in [0.3, 0.4) is 0 Å². The molecule has 0 amide bonds. The van der Waals surface area contributed by atoms with E-state index in [9.17, 15) is 0 Å². The molecule has 136 valence electrons. The molecule has 1 atom stereocenters. The van der Waals surface area contributed by atoms with E-state index >= 15 is 0 Å². The molecule has 1 aliphatic rings. The third-order valence-electron chi connectivity index (χ3n) is 5.20. The first-order valence-electron chi connectivity index (χ1n) is 9.37. The summed E-state index contributed by atoms with van der Waals surface area (Å²) in [5.74, 6) is 1.86. The van der Waals surface area contributed by atoms with E-state index in [2.05, 4.69) is 54.6 Å². The van der Waals surface area contributed by atoms with Gasteiger partial charge in [0.05, 0.1) is 11.4 Å². The minimum absolute atomic E-state index is 0.302. The fraction of sp³-hybridized carbons (Fsp3) is 0.429. The summed E-state index contributed by atoms with van der Waals surface area (Å²) in [6.07, 6.45) is 4.92. The summed E-state index contributed by atoms with van der Waals surface area (Å²) < 4.78 is 0. The topological polar surface area (TPSA) is 41.1 Å². The van der Waals surface area contributed by atoms with Crippen molar-refractivity contribution in [3.8, 4) is 0 Å². The van der Waals surface area contributed by atoms with Crippen molar-refractivity contribution in [1.82, 2.24) is 14.9 Å². The Hall–Kier alpha value is -1.98. The second-order valence-electron chi connectivity index (χ2n) is 7.28. The lowest BCUT2D eigenvalue weighted by Crippen LogP contribution is -2.27. The number of aryl methyl sites for hydroxylation is 3. The Morgan fingerprint density at radius 1 is 1.12 bits per heavy atom. The molecule has 4 nitrogen and oxygen atoms in total. The number of benzene rings is 1. The molecule has 1 aliphatic carbocycles. The normalized spacial score (nSPS) is 15.2. The SMILES string of the molecule is Cc1nc(NC[C@H](c2ccccc2)N(C)C)c2c3c(sc2n1)CCCC3. The number of thiophene rings is 1. The van der Waals surface area contributed by atoms with Gasteiger partial charge in [-0.1, -0.05) is 30.3 Å². The van der Waals surface area contributed by atoms with Crippen LogP contribution < -0.4 is 5.32 Å². The highest BCUT2D eigenvalue weighted by Crippen LogP contribution is 2.38. The van der Waals surface area contributed by atoms with Crippen LogP contribution in [0.4, 0.5) is 5.82 Å². The molecule has 0 spiro atoms. The van der Waals surface area contributed by atoms with Gasteiger partial charge < -0.3 is 10.2 Å². The second-order valence-corrected chi connectivity index (χ2v) is 8.37. The molecule has 0 fully saturated rings. The van der Waals surface area contributed by atoms with Gasteiger partial charge in [0.15, 0.2) is 0 Å². The minimum atomic E-state index is 0.302. The molecule has 2 aromatic heterocycles. The molecule has 0 aliphatic heterocycles. The maximum absolute atomic E-state index is 4.77. The molecule has 2 heterocycles. The number of likely N-dealkylation sites (N-methyl/N-ethyl adjacent to an activating group) is 1. The van der Waals surface area contributed by atoms with Gasteiger partial charge in [-0.15, -0.1) is 11.3 Å². The Labute approximate surface area is 159 Å². The van der Waals surface area contributed by atoms with Gasteiger partial charge in [-0.3, -0.25) is 0 Å². The van der Waals surface area contributed by atoms with E-state index in [0.717, 1.165) is 29.4 Å². The number of nitrogens with zero attached hydrogens (tertiary/aromatic N) is 3. The van der Waals surface area contributed by atoms with Gasteiger partial charge in [0.2, 0.25) is 0 Å². The third-order valence-corrected chi connectivity index (χ3v) is 6.38. The van der Waals surface area contributed by atoms with Crippen LogP contribution in [0.25, 0.3) is 10.2 Å². The zero-order valence-electron chi connectivity index (χ0n) is 15.7. The number of hydrogen-bond acceptors (Lipinski definition) is 5. The molecule has 4 rings (SSSR count).